The van der Waals surface area contributed by atoms with Crippen molar-refractivity contribution in [3.05, 3.63) is 33.3 Å². The Morgan fingerprint density at radius 3 is 2.92 bits per heavy atom. The number of hydrogen-bond donors (Lipinski definition) is 2. The van der Waals surface area contributed by atoms with Gasteiger partial charge in [-0.2, -0.15) is 0 Å². The van der Waals surface area contributed by atoms with E-state index < -0.39 is 4.92 Å². The number of carbonyl (C=O) groups is 1. The predicted molar refractivity (Wildman–Crippen MR) is 94.8 cm³/mol. The lowest BCUT2D eigenvalue weighted by molar-refractivity contribution is -0.384. The van der Waals surface area contributed by atoms with E-state index in [0.29, 0.717) is 11.6 Å². The minimum atomic E-state index is -0.527. The number of hydrogen-bond acceptors (Lipinski definition) is 5. The number of halogens is 1. The molecule has 3 rings (SSSR count). The molecule has 1 aromatic carbocycles. The molecule has 0 bridgehead atoms. The summed E-state index contributed by atoms with van der Waals surface area (Å²) in [6.07, 6.45) is 2.42. The van der Waals surface area contributed by atoms with Gasteiger partial charge in [0.2, 0.25) is 5.91 Å². The van der Waals surface area contributed by atoms with E-state index in [1.807, 2.05) is 0 Å². The van der Waals surface area contributed by atoms with Crippen LogP contribution in [0.1, 0.15) is 26.7 Å². The van der Waals surface area contributed by atoms with Gasteiger partial charge in [-0.25, -0.2) is 0 Å². The van der Waals surface area contributed by atoms with Crippen LogP contribution in [0.3, 0.4) is 0 Å². The molecule has 1 aromatic rings. The van der Waals surface area contributed by atoms with Crippen molar-refractivity contribution in [3.63, 3.8) is 0 Å². The Hall–Kier alpha value is -1.70. The third-order valence-electron chi connectivity index (χ3n) is 5.25. The van der Waals surface area contributed by atoms with Crippen LogP contribution in [0.25, 0.3) is 0 Å². The Bertz CT molecular complexity index is 694. The van der Waals surface area contributed by atoms with Gasteiger partial charge in [0.25, 0.3) is 5.69 Å². The molecule has 1 saturated heterocycles. The Kier molecular flexibility index (Phi) is 4.99. The minimum absolute atomic E-state index is 0.00360. The van der Waals surface area contributed by atoms with Crippen LogP contribution in [0.15, 0.2) is 18.2 Å². The molecule has 1 aliphatic heterocycles. The second-order valence-corrected chi connectivity index (χ2v) is 7.65. The van der Waals surface area contributed by atoms with Crippen LogP contribution in [-0.4, -0.2) is 36.1 Å². The first-order valence-corrected chi connectivity index (χ1v) is 8.77. The van der Waals surface area contributed by atoms with Crippen molar-refractivity contribution in [2.45, 2.75) is 38.8 Å². The van der Waals surface area contributed by atoms with Crippen LogP contribution < -0.4 is 10.6 Å². The summed E-state index contributed by atoms with van der Waals surface area (Å²) in [6, 6.07) is 4.21. The van der Waals surface area contributed by atoms with Gasteiger partial charge in [-0.05, 0) is 18.9 Å². The normalized spacial score (nSPS) is 27.1. The Morgan fingerprint density at radius 1 is 1.48 bits per heavy atom. The molecule has 1 saturated carbocycles. The predicted octanol–water partition coefficient (Wildman–Crippen LogP) is 2.98. The van der Waals surface area contributed by atoms with Crippen LogP contribution in [0.4, 0.5) is 11.4 Å². The fourth-order valence-electron chi connectivity index (χ4n) is 4.05. The molecule has 2 fully saturated rings. The van der Waals surface area contributed by atoms with Crippen LogP contribution in [0, 0.1) is 21.4 Å². The SMILES string of the molecule is CC1(C)C(NCC(=O)Nc2ccc([N+](=O)[O-])cc2Cl)C2CCCOC21. The summed E-state index contributed by atoms with van der Waals surface area (Å²) in [5.41, 5.74) is 0.252. The van der Waals surface area contributed by atoms with Gasteiger partial charge in [0.05, 0.1) is 28.3 Å². The van der Waals surface area contributed by atoms with Crippen LogP contribution in [0.2, 0.25) is 5.02 Å². The van der Waals surface area contributed by atoms with Crippen molar-refractivity contribution in [1.82, 2.24) is 5.32 Å². The number of fused-ring (bicyclic) bond motifs is 1. The number of rotatable bonds is 5. The molecule has 2 aliphatic rings. The van der Waals surface area contributed by atoms with Crippen LogP contribution >= 0.6 is 11.6 Å². The molecular formula is C17H22ClN3O4. The summed E-state index contributed by atoms with van der Waals surface area (Å²) in [5, 5.41) is 16.9. The highest BCUT2D eigenvalue weighted by molar-refractivity contribution is 6.34. The van der Waals surface area contributed by atoms with Crippen molar-refractivity contribution in [2.24, 2.45) is 11.3 Å². The molecule has 2 N–H and O–H groups in total. The molecule has 7 nitrogen and oxygen atoms in total. The average molecular weight is 368 g/mol. The number of nitrogens with one attached hydrogen (secondary N) is 2. The monoisotopic (exact) mass is 367 g/mol. The van der Waals surface area contributed by atoms with Gasteiger partial charge >= 0.3 is 0 Å². The Morgan fingerprint density at radius 2 is 2.24 bits per heavy atom. The summed E-state index contributed by atoms with van der Waals surface area (Å²) in [4.78, 5) is 22.4. The molecule has 1 aliphatic carbocycles. The number of non-ortho nitro benzene ring substituents is 1. The largest absolute Gasteiger partial charge is 0.377 e. The zero-order valence-electron chi connectivity index (χ0n) is 14.3. The lowest BCUT2D eigenvalue weighted by Gasteiger charge is -2.60. The molecule has 25 heavy (non-hydrogen) atoms. The molecular weight excluding hydrogens is 346 g/mol. The molecule has 3 unspecified atom stereocenters. The van der Waals surface area contributed by atoms with Crippen molar-refractivity contribution >= 4 is 28.9 Å². The topological polar surface area (TPSA) is 93.5 Å². The molecule has 0 aromatic heterocycles. The zero-order valence-corrected chi connectivity index (χ0v) is 15.0. The highest BCUT2D eigenvalue weighted by atomic mass is 35.5. The maximum atomic E-state index is 12.2. The Balaban J connectivity index is 1.56. The van der Waals surface area contributed by atoms with Crippen molar-refractivity contribution in [3.8, 4) is 0 Å². The van der Waals surface area contributed by atoms with Crippen LogP contribution in [-0.2, 0) is 9.53 Å². The first-order chi connectivity index (χ1) is 11.8. The summed E-state index contributed by atoms with van der Waals surface area (Å²) in [5.74, 6) is 0.214. The molecule has 0 radical (unpaired) electrons. The maximum absolute atomic E-state index is 12.2. The van der Waals surface area contributed by atoms with Gasteiger partial charge in [0, 0.05) is 36.1 Å². The molecule has 0 spiro atoms. The van der Waals surface area contributed by atoms with Crippen molar-refractivity contribution < 1.29 is 14.5 Å². The summed E-state index contributed by atoms with van der Waals surface area (Å²) < 4.78 is 5.86. The second-order valence-electron chi connectivity index (χ2n) is 7.25. The van der Waals surface area contributed by atoms with Gasteiger partial charge in [-0.1, -0.05) is 25.4 Å². The number of nitro groups is 1. The number of amides is 1. The Labute approximate surface area is 151 Å². The highest BCUT2D eigenvalue weighted by Crippen LogP contribution is 2.51. The maximum Gasteiger partial charge on any atom is 0.271 e. The van der Waals surface area contributed by atoms with E-state index in [1.165, 1.54) is 18.2 Å². The third-order valence-corrected chi connectivity index (χ3v) is 5.56. The summed E-state index contributed by atoms with van der Waals surface area (Å²) in [6.45, 7) is 5.28. The molecule has 8 heteroatoms. The lowest BCUT2D eigenvalue weighted by atomic mass is 9.55. The molecule has 136 valence electrons. The van der Waals surface area contributed by atoms with E-state index in [0.717, 1.165) is 19.4 Å². The molecule has 1 heterocycles. The fraction of sp³-hybridized carbons (Fsp3) is 0.588. The quantitative estimate of drug-likeness (QED) is 0.616. The second kappa shape index (κ2) is 6.90. The van der Waals surface area contributed by atoms with Crippen molar-refractivity contribution in [1.29, 1.82) is 0 Å². The fourth-order valence-corrected chi connectivity index (χ4v) is 4.27. The lowest BCUT2D eigenvalue weighted by Crippen LogP contribution is -2.69. The average Bonchev–Trinajstić information content (AvgIpc) is 2.56. The van der Waals surface area contributed by atoms with E-state index in [9.17, 15) is 14.9 Å². The van der Waals surface area contributed by atoms with E-state index >= 15 is 0 Å². The van der Waals surface area contributed by atoms with Gasteiger partial charge < -0.3 is 15.4 Å². The molecule has 3 atom stereocenters. The van der Waals surface area contributed by atoms with Crippen LogP contribution in [0.5, 0.6) is 0 Å². The van der Waals surface area contributed by atoms with Gasteiger partial charge in [-0.3, -0.25) is 14.9 Å². The number of nitro benzene ring substituents is 1. The minimum Gasteiger partial charge on any atom is -0.377 e. The van der Waals surface area contributed by atoms with E-state index in [2.05, 4.69) is 24.5 Å². The summed E-state index contributed by atoms with van der Waals surface area (Å²) in [7, 11) is 0. The number of ether oxygens (including phenoxy) is 1. The number of anilines is 1. The van der Waals surface area contributed by atoms with Gasteiger partial charge in [0.1, 0.15) is 0 Å². The number of benzene rings is 1. The highest BCUT2D eigenvalue weighted by Gasteiger charge is 2.57. The summed E-state index contributed by atoms with van der Waals surface area (Å²) >= 11 is 6.00. The smallest absolute Gasteiger partial charge is 0.271 e. The molecule has 1 amide bonds. The third kappa shape index (κ3) is 3.49. The van der Waals surface area contributed by atoms with Crippen molar-refractivity contribution in [2.75, 3.05) is 18.5 Å². The number of carbonyl (C=O) groups excluding carboxylic acids is 1. The van der Waals surface area contributed by atoms with E-state index in [-0.39, 0.29) is 40.7 Å². The van der Waals surface area contributed by atoms with Gasteiger partial charge in [0.15, 0.2) is 0 Å². The van der Waals surface area contributed by atoms with Gasteiger partial charge in [-0.15, -0.1) is 0 Å². The van der Waals surface area contributed by atoms with E-state index in [1.54, 1.807) is 0 Å². The zero-order chi connectivity index (χ0) is 18.2. The van der Waals surface area contributed by atoms with E-state index in [4.69, 9.17) is 16.3 Å². The standard InChI is InChI=1S/C17H22ClN3O4/c1-17(2)15(11-4-3-7-25-16(11)17)19-9-14(22)20-13-6-5-10(21(23)24)8-12(13)18/h5-6,8,11,15-16,19H,3-4,7,9H2,1-2H3,(H,20,22). The first-order valence-electron chi connectivity index (χ1n) is 8.39. The number of nitrogens with zero attached hydrogens (tertiary/aromatic N) is 1. The first kappa shape index (κ1) is 18.1.